The summed E-state index contributed by atoms with van der Waals surface area (Å²) in [5.74, 6) is -0.0748. The van der Waals surface area contributed by atoms with Crippen LogP contribution in [0.5, 0.6) is 0 Å². The molecule has 0 spiro atoms. The van der Waals surface area contributed by atoms with Crippen LogP contribution in [0, 0.1) is 0 Å². The molecule has 0 heterocycles. The fraction of sp³-hybridized carbons (Fsp3) is 0.933. The maximum Gasteiger partial charge on any atom is 0.305 e. The number of aliphatic hydroxyl groups excluding tert-OH is 2. The third-order valence-corrected chi connectivity index (χ3v) is 14.1. The van der Waals surface area contributed by atoms with Crippen LogP contribution in [0.1, 0.15) is 335 Å². The van der Waals surface area contributed by atoms with Gasteiger partial charge in [-0.1, -0.05) is 283 Å². The van der Waals surface area contributed by atoms with E-state index in [0.29, 0.717) is 25.9 Å². The number of hydrogen-bond donors (Lipinski definition) is 3. The number of carbonyl (C=O) groups is 2. The van der Waals surface area contributed by atoms with Crippen LogP contribution in [0.4, 0.5) is 0 Å². The summed E-state index contributed by atoms with van der Waals surface area (Å²) in [6.07, 6.45) is 66.3. The van der Waals surface area contributed by atoms with Crippen molar-refractivity contribution >= 4 is 11.9 Å². The topological polar surface area (TPSA) is 95.9 Å². The number of unbranched alkanes of at least 4 members (excludes halogenated alkanes) is 43. The first-order valence-corrected chi connectivity index (χ1v) is 29.9. The first kappa shape index (κ1) is 64.6. The Morgan fingerprint density at radius 2 is 0.712 bits per heavy atom. The molecule has 0 aliphatic heterocycles. The highest BCUT2D eigenvalue weighted by atomic mass is 16.5. The molecule has 2 atom stereocenters. The van der Waals surface area contributed by atoms with Crippen molar-refractivity contribution in [2.75, 3.05) is 13.2 Å². The van der Waals surface area contributed by atoms with Crippen molar-refractivity contribution in [1.29, 1.82) is 0 Å². The normalized spacial score (nSPS) is 12.6. The summed E-state index contributed by atoms with van der Waals surface area (Å²) in [5, 5.41) is 23.3. The largest absolute Gasteiger partial charge is 0.466 e. The van der Waals surface area contributed by atoms with Crippen molar-refractivity contribution < 1.29 is 24.5 Å². The fourth-order valence-electron chi connectivity index (χ4n) is 9.46. The number of hydrogen-bond acceptors (Lipinski definition) is 5. The van der Waals surface area contributed by atoms with Crippen LogP contribution in [0.3, 0.4) is 0 Å². The van der Waals surface area contributed by atoms with Crippen LogP contribution in [0.2, 0.25) is 0 Å². The molecule has 6 heteroatoms. The minimum Gasteiger partial charge on any atom is -0.466 e. The summed E-state index contributed by atoms with van der Waals surface area (Å²) in [5.41, 5.74) is 0. The second-order valence-corrected chi connectivity index (χ2v) is 20.7. The minimum absolute atomic E-state index is 0.0208. The lowest BCUT2D eigenvalue weighted by molar-refractivity contribution is -0.143. The Morgan fingerprint density at radius 3 is 1.08 bits per heavy atom. The maximum atomic E-state index is 12.5. The molecule has 0 saturated heterocycles. The predicted octanol–water partition coefficient (Wildman–Crippen LogP) is 18.5. The first-order chi connectivity index (χ1) is 32.5. The van der Waals surface area contributed by atoms with Crippen LogP contribution < -0.4 is 5.32 Å². The van der Waals surface area contributed by atoms with E-state index in [2.05, 4.69) is 31.3 Å². The smallest absolute Gasteiger partial charge is 0.305 e. The minimum atomic E-state index is -0.680. The third kappa shape index (κ3) is 52.0. The maximum absolute atomic E-state index is 12.5. The SMILES string of the molecule is CCCCCCCC/C=C\CCCCCCCCCC(=O)OCCCCCCCCCCCCC(=O)NC(CO)C(O)CCCCCCCCCCCCCCCCCCCCCCCC. The van der Waals surface area contributed by atoms with Crippen LogP contribution in [0.25, 0.3) is 0 Å². The molecule has 0 saturated carbocycles. The third-order valence-electron chi connectivity index (χ3n) is 14.1. The van der Waals surface area contributed by atoms with E-state index in [4.69, 9.17) is 4.74 Å². The van der Waals surface area contributed by atoms with E-state index in [1.165, 1.54) is 244 Å². The Balaban J connectivity index is 3.45. The molecule has 0 bridgehead atoms. The summed E-state index contributed by atoms with van der Waals surface area (Å²) >= 11 is 0. The Labute approximate surface area is 412 Å². The number of ether oxygens (including phenoxy) is 1. The summed E-state index contributed by atoms with van der Waals surface area (Å²) in [7, 11) is 0. The average molecular weight is 933 g/mol. The van der Waals surface area contributed by atoms with E-state index < -0.39 is 12.1 Å². The van der Waals surface area contributed by atoms with Gasteiger partial charge in [-0.3, -0.25) is 9.59 Å². The molecule has 0 aromatic carbocycles. The van der Waals surface area contributed by atoms with Gasteiger partial charge in [0.15, 0.2) is 0 Å². The summed E-state index contributed by atoms with van der Waals surface area (Å²) in [6, 6.07) is -0.559. The Kier molecular flexibility index (Phi) is 55.0. The highest BCUT2D eigenvalue weighted by Crippen LogP contribution is 2.18. The van der Waals surface area contributed by atoms with Gasteiger partial charge in [0.05, 0.1) is 25.4 Å². The highest BCUT2D eigenvalue weighted by molar-refractivity contribution is 5.76. The number of allylic oxidation sites excluding steroid dienone is 2. The number of esters is 1. The molecule has 0 aromatic rings. The molecule has 6 nitrogen and oxygen atoms in total. The monoisotopic (exact) mass is 932 g/mol. The lowest BCUT2D eigenvalue weighted by Crippen LogP contribution is -2.45. The molecule has 66 heavy (non-hydrogen) atoms. The van der Waals surface area contributed by atoms with Crippen LogP contribution >= 0.6 is 0 Å². The zero-order valence-electron chi connectivity index (χ0n) is 44.7. The van der Waals surface area contributed by atoms with Crippen molar-refractivity contribution in [3.05, 3.63) is 12.2 Å². The molecule has 3 N–H and O–H groups in total. The summed E-state index contributed by atoms with van der Waals surface area (Å²) in [4.78, 5) is 24.6. The molecule has 0 aromatic heterocycles. The summed E-state index contributed by atoms with van der Waals surface area (Å²) in [6.45, 7) is 4.92. The molecule has 0 aliphatic rings. The number of aliphatic hydroxyl groups is 2. The van der Waals surface area contributed by atoms with Gasteiger partial charge in [-0.25, -0.2) is 0 Å². The Morgan fingerprint density at radius 1 is 0.409 bits per heavy atom. The van der Waals surface area contributed by atoms with Crippen LogP contribution in [-0.4, -0.2) is 47.4 Å². The van der Waals surface area contributed by atoms with E-state index in [-0.39, 0.29) is 18.5 Å². The zero-order chi connectivity index (χ0) is 47.9. The zero-order valence-corrected chi connectivity index (χ0v) is 44.7. The van der Waals surface area contributed by atoms with E-state index in [1.54, 1.807) is 0 Å². The van der Waals surface area contributed by atoms with E-state index in [1.807, 2.05) is 0 Å². The standard InChI is InChI=1S/C60H117NO5/c1-3-5-7-9-11-13-15-17-19-21-22-23-24-25-27-28-30-32-36-40-44-48-52-58(63)57(56-62)61-59(64)53-49-45-41-37-34-35-39-43-47-51-55-66-60(65)54-50-46-42-38-33-31-29-26-20-18-16-14-12-10-8-6-4-2/h18,20,57-58,62-63H,3-17,19,21-56H2,1-2H3,(H,61,64)/b20-18-. The predicted molar refractivity (Wildman–Crippen MR) is 287 cm³/mol. The van der Waals surface area contributed by atoms with Crippen LogP contribution in [-0.2, 0) is 14.3 Å². The van der Waals surface area contributed by atoms with E-state index >= 15 is 0 Å². The molecule has 0 radical (unpaired) electrons. The van der Waals surface area contributed by atoms with Gasteiger partial charge < -0.3 is 20.3 Å². The van der Waals surface area contributed by atoms with Gasteiger partial charge in [0.25, 0.3) is 0 Å². The quantitative estimate of drug-likeness (QED) is 0.0321. The number of carbonyl (C=O) groups excluding carboxylic acids is 2. The van der Waals surface area contributed by atoms with Crippen molar-refractivity contribution in [2.45, 2.75) is 347 Å². The van der Waals surface area contributed by atoms with Gasteiger partial charge in [0.2, 0.25) is 5.91 Å². The molecule has 0 rings (SSSR count). The molecular weight excluding hydrogens is 815 g/mol. The molecule has 1 amide bonds. The number of rotatable bonds is 56. The molecule has 0 fully saturated rings. The van der Waals surface area contributed by atoms with Crippen molar-refractivity contribution in [1.82, 2.24) is 5.32 Å². The van der Waals surface area contributed by atoms with Gasteiger partial charge in [-0.2, -0.15) is 0 Å². The first-order valence-electron chi connectivity index (χ1n) is 29.9. The molecule has 392 valence electrons. The highest BCUT2D eigenvalue weighted by Gasteiger charge is 2.20. The summed E-state index contributed by atoms with van der Waals surface area (Å²) < 4.78 is 5.47. The van der Waals surface area contributed by atoms with Gasteiger partial charge in [-0.05, 0) is 51.4 Å². The number of amides is 1. The number of nitrogens with one attached hydrogen (secondary N) is 1. The van der Waals surface area contributed by atoms with E-state index in [9.17, 15) is 19.8 Å². The lowest BCUT2D eigenvalue weighted by Gasteiger charge is -2.22. The van der Waals surface area contributed by atoms with Crippen molar-refractivity contribution in [3.63, 3.8) is 0 Å². The van der Waals surface area contributed by atoms with E-state index in [0.717, 1.165) is 57.8 Å². The van der Waals surface area contributed by atoms with Crippen molar-refractivity contribution in [2.24, 2.45) is 0 Å². The van der Waals surface area contributed by atoms with Crippen LogP contribution in [0.15, 0.2) is 12.2 Å². The fourth-order valence-corrected chi connectivity index (χ4v) is 9.46. The Bertz CT molecular complexity index is 986. The second-order valence-electron chi connectivity index (χ2n) is 20.7. The average Bonchev–Trinajstić information content (AvgIpc) is 3.32. The molecule has 0 aliphatic carbocycles. The lowest BCUT2D eigenvalue weighted by atomic mass is 10.0. The van der Waals surface area contributed by atoms with Gasteiger partial charge in [-0.15, -0.1) is 0 Å². The van der Waals surface area contributed by atoms with Crippen molar-refractivity contribution in [3.8, 4) is 0 Å². The Hall–Kier alpha value is -1.40. The second kappa shape index (κ2) is 56.2. The van der Waals surface area contributed by atoms with Gasteiger partial charge in [0.1, 0.15) is 0 Å². The molecule has 2 unspecified atom stereocenters. The van der Waals surface area contributed by atoms with Gasteiger partial charge >= 0.3 is 5.97 Å². The molecular formula is C60H117NO5. The van der Waals surface area contributed by atoms with Gasteiger partial charge in [0, 0.05) is 12.8 Å².